The average molecular weight is 268 g/mol. The minimum absolute atomic E-state index is 0.0197. The van der Waals surface area contributed by atoms with Crippen molar-refractivity contribution < 1.29 is 18.3 Å². The van der Waals surface area contributed by atoms with Crippen LogP contribution in [0.25, 0.3) is 5.65 Å². The number of alkyl halides is 2. The van der Waals surface area contributed by atoms with Crippen LogP contribution in [0.15, 0.2) is 24.5 Å². The minimum Gasteiger partial charge on any atom is -0.487 e. The first-order chi connectivity index (χ1) is 8.99. The molecule has 0 aliphatic rings. The summed E-state index contributed by atoms with van der Waals surface area (Å²) in [6.45, 7) is 2.96. The molecule has 19 heavy (non-hydrogen) atoms. The van der Waals surface area contributed by atoms with Crippen molar-refractivity contribution in [1.29, 1.82) is 0 Å². The molecule has 102 valence electrons. The third-order valence-electron chi connectivity index (χ3n) is 2.64. The van der Waals surface area contributed by atoms with Gasteiger partial charge < -0.3 is 4.74 Å². The number of nitrogens with zero attached hydrogens (tertiary/aromatic N) is 2. The van der Waals surface area contributed by atoms with E-state index in [9.17, 15) is 13.6 Å². The highest BCUT2D eigenvalue weighted by molar-refractivity contribution is 5.96. The van der Waals surface area contributed by atoms with E-state index in [1.807, 2.05) is 13.8 Å². The van der Waals surface area contributed by atoms with Gasteiger partial charge in [0, 0.05) is 18.2 Å². The van der Waals surface area contributed by atoms with Gasteiger partial charge in [-0.05, 0) is 6.07 Å². The highest BCUT2D eigenvalue weighted by Gasteiger charge is 2.15. The smallest absolute Gasteiger partial charge is 0.272 e. The number of fused-ring (bicyclic) bond motifs is 1. The number of carbonyl (C=O) groups excluding carboxylic acids is 1. The highest BCUT2D eigenvalue weighted by atomic mass is 19.3. The fourth-order valence-corrected chi connectivity index (χ4v) is 1.69. The Bertz CT molecular complexity index is 593. The van der Waals surface area contributed by atoms with E-state index in [-0.39, 0.29) is 11.7 Å². The molecule has 0 saturated heterocycles. The van der Waals surface area contributed by atoms with Gasteiger partial charge >= 0.3 is 0 Å². The highest BCUT2D eigenvalue weighted by Crippen LogP contribution is 2.17. The summed E-state index contributed by atoms with van der Waals surface area (Å²) in [6, 6.07) is 3.06. The predicted octanol–water partition coefficient (Wildman–Crippen LogP) is 2.82. The second kappa shape index (κ2) is 5.34. The number of carbonyl (C=O) groups is 1. The Hall–Kier alpha value is -1.98. The molecule has 0 fully saturated rings. The van der Waals surface area contributed by atoms with Crippen molar-refractivity contribution in [2.24, 2.45) is 5.92 Å². The van der Waals surface area contributed by atoms with Crippen molar-refractivity contribution in [1.82, 2.24) is 9.38 Å². The molecule has 0 unspecified atom stereocenters. The number of aromatic nitrogens is 2. The van der Waals surface area contributed by atoms with Crippen LogP contribution < -0.4 is 4.74 Å². The molecular weight excluding hydrogens is 254 g/mol. The maximum absolute atomic E-state index is 12.0. The van der Waals surface area contributed by atoms with Crippen LogP contribution in [0.4, 0.5) is 8.78 Å². The first kappa shape index (κ1) is 13.5. The summed E-state index contributed by atoms with van der Waals surface area (Å²) >= 11 is 0. The van der Waals surface area contributed by atoms with Crippen LogP contribution in [0, 0.1) is 5.92 Å². The second-order valence-electron chi connectivity index (χ2n) is 4.46. The summed E-state index contributed by atoms with van der Waals surface area (Å²) in [5.41, 5.74) is 0.973. The zero-order chi connectivity index (χ0) is 14.0. The number of pyridine rings is 1. The van der Waals surface area contributed by atoms with E-state index in [0.717, 1.165) is 0 Å². The minimum atomic E-state index is -2.52. The lowest BCUT2D eigenvalue weighted by molar-refractivity contribution is 0.0819. The molecule has 0 atom stereocenters. The Morgan fingerprint density at radius 2 is 2.21 bits per heavy atom. The summed E-state index contributed by atoms with van der Waals surface area (Å²) in [5.74, 6) is 0.158. The van der Waals surface area contributed by atoms with Gasteiger partial charge in [0.15, 0.2) is 5.78 Å². The largest absolute Gasteiger partial charge is 0.487 e. The van der Waals surface area contributed by atoms with Gasteiger partial charge in [-0.2, -0.15) is 0 Å². The van der Waals surface area contributed by atoms with Gasteiger partial charge in [0.05, 0.1) is 6.20 Å². The van der Waals surface area contributed by atoms with E-state index >= 15 is 0 Å². The van der Waals surface area contributed by atoms with Crippen LogP contribution in [0.3, 0.4) is 0 Å². The summed E-state index contributed by atoms with van der Waals surface area (Å²) in [7, 11) is 0. The maximum atomic E-state index is 12.0. The Labute approximate surface area is 109 Å². The van der Waals surface area contributed by atoms with Crippen LogP contribution in [-0.2, 0) is 0 Å². The molecule has 0 aliphatic heterocycles. The third kappa shape index (κ3) is 2.89. The van der Waals surface area contributed by atoms with Crippen LogP contribution in [-0.4, -0.2) is 28.2 Å². The van der Waals surface area contributed by atoms with Gasteiger partial charge in [-0.3, -0.25) is 9.20 Å². The molecule has 6 heteroatoms. The normalized spacial score (nSPS) is 11.5. The molecule has 0 amide bonds. The zero-order valence-electron chi connectivity index (χ0n) is 10.6. The number of rotatable bonds is 5. The van der Waals surface area contributed by atoms with Gasteiger partial charge in [0.2, 0.25) is 0 Å². The van der Waals surface area contributed by atoms with Gasteiger partial charge in [-0.1, -0.05) is 13.8 Å². The number of Topliss-reactive ketones (excluding diaryl/α,β-unsaturated/α-hetero) is 1. The summed E-state index contributed by atoms with van der Waals surface area (Å²) in [4.78, 5) is 16.0. The molecule has 2 rings (SSSR count). The summed E-state index contributed by atoms with van der Waals surface area (Å²) in [6.07, 6.45) is 0.557. The molecule has 0 aromatic carbocycles. The molecule has 0 saturated carbocycles. The van der Waals surface area contributed by atoms with Crippen LogP contribution >= 0.6 is 0 Å². The van der Waals surface area contributed by atoms with Gasteiger partial charge in [0.25, 0.3) is 6.43 Å². The topological polar surface area (TPSA) is 43.6 Å². The van der Waals surface area contributed by atoms with Crippen molar-refractivity contribution in [3.8, 4) is 5.75 Å². The van der Waals surface area contributed by atoms with E-state index in [0.29, 0.717) is 17.1 Å². The lowest BCUT2D eigenvalue weighted by atomic mass is 10.1. The fraction of sp³-hybridized carbons (Fsp3) is 0.385. The number of imidazole rings is 1. The number of hydrogen-bond donors (Lipinski definition) is 0. The van der Waals surface area contributed by atoms with Crippen molar-refractivity contribution in [3.63, 3.8) is 0 Å². The standard InChI is InChI=1S/C13H14F2N2O2/c1-8(2)13(18)10-6-16-12-5-9(3-4-17(10)12)19-7-11(14)15/h3-6,8,11H,7H2,1-2H3. The van der Waals surface area contributed by atoms with E-state index in [1.165, 1.54) is 18.3 Å². The lowest BCUT2D eigenvalue weighted by Crippen LogP contribution is -2.10. The molecular formula is C13H14F2N2O2. The fourth-order valence-electron chi connectivity index (χ4n) is 1.69. The maximum Gasteiger partial charge on any atom is 0.272 e. The monoisotopic (exact) mass is 268 g/mol. The van der Waals surface area contributed by atoms with Crippen LogP contribution in [0.1, 0.15) is 24.3 Å². The first-order valence-corrected chi connectivity index (χ1v) is 5.91. The van der Waals surface area contributed by atoms with E-state index in [4.69, 9.17) is 4.74 Å². The molecule has 0 spiro atoms. The number of hydrogen-bond acceptors (Lipinski definition) is 3. The molecule has 0 bridgehead atoms. The molecule has 0 radical (unpaired) electrons. The molecule has 0 aliphatic carbocycles. The second-order valence-corrected chi connectivity index (χ2v) is 4.46. The van der Waals surface area contributed by atoms with E-state index in [2.05, 4.69) is 4.98 Å². The Morgan fingerprint density at radius 3 is 2.84 bits per heavy atom. The first-order valence-electron chi connectivity index (χ1n) is 5.91. The van der Waals surface area contributed by atoms with Crippen LogP contribution in [0.5, 0.6) is 5.75 Å². The molecule has 2 heterocycles. The Morgan fingerprint density at radius 1 is 1.47 bits per heavy atom. The van der Waals surface area contributed by atoms with Crippen molar-refractivity contribution in [3.05, 3.63) is 30.2 Å². The van der Waals surface area contributed by atoms with Gasteiger partial charge in [0.1, 0.15) is 23.7 Å². The SMILES string of the molecule is CC(C)C(=O)c1cnc2cc(OCC(F)F)ccn12. The molecule has 2 aromatic heterocycles. The van der Waals surface area contributed by atoms with Crippen LogP contribution in [0.2, 0.25) is 0 Å². The van der Waals surface area contributed by atoms with Crippen molar-refractivity contribution >= 4 is 11.4 Å². The summed E-state index contributed by atoms with van der Waals surface area (Å²) < 4.78 is 30.6. The van der Waals surface area contributed by atoms with E-state index < -0.39 is 13.0 Å². The average Bonchev–Trinajstić information content (AvgIpc) is 2.78. The quantitative estimate of drug-likeness (QED) is 0.783. The van der Waals surface area contributed by atoms with E-state index in [1.54, 1.807) is 10.6 Å². The van der Waals surface area contributed by atoms with Gasteiger partial charge in [-0.25, -0.2) is 13.8 Å². The van der Waals surface area contributed by atoms with Crippen molar-refractivity contribution in [2.45, 2.75) is 20.3 Å². The summed E-state index contributed by atoms with van der Waals surface area (Å²) in [5, 5.41) is 0. The molecule has 0 N–H and O–H groups in total. The Balaban J connectivity index is 2.29. The molecule has 2 aromatic rings. The van der Waals surface area contributed by atoms with Crippen molar-refractivity contribution in [2.75, 3.05) is 6.61 Å². The number of halogens is 2. The van der Waals surface area contributed by atoms with Gasteiger partial charge in [-0.15, -0.1) is 0 Å². The number of ether oxygens (including phenoxy) is 1. The zero-order valence-corrected chi connectivity index (χ0v) is 10.6. The lowest BCUT2D eigenvalue weighted by Gasteiger charge is -2.07. The predicted molar refractivity (Wildman–Crippen MR) is 65.9 cm³/mol. The third-order valence-corrected chi connectivity index (χ3v) is 2.64. The Kier molecular flexibility index (Phi) is 3.78. The molecule has 4 nitrogen and oxygen atoms in total. The number of ketones is 1.